The number of carbonyl (C=O) groups excluding carboxylic acids is 4. The fourth-order valence-electron chi connectivity index (χ4n) is 10.5. The van der Waals surface area contributed by atoms with Gasteiger partial charge in [-0.1, -0.05) is 303 Å². The molecule has 0 aliphatic carbocycles. The third-order valence-corrected chi connectivity index (χ3v) is 18.4. The Morgan fingerprint density at radius 2 is 0.549 bits per heavy atom. The molecular weight excluding hydrogens is 1330 g/mol. The lowest BCUT2D eigenvalue weighted by Crippen LogP contribution is -2.30. The highest BCUT2D eigenvalue weighted by molar-refractivity contribution is 7.47. The molecule has 0 saturated heterocycles. The van der Waals surface area contributed by atoms with E-state index in [1.165, 1.54) is 83.5 Å². The smallest absolute Gasteiger partial charge is 0.462 e. The van der Waals surface area contributed by atoms with E-state index in [1.807, 2.05) is 18.2 Å². The number of carbonyl (C=O) groups is 4. The average molecular weight is 1470 g/mol. The van der Waals surface area contributed by atoms with E-state index in [0.29, 0.717) is 25.7 Å². The molecule has 102 heavy (non-hydrogen) atoms. The number of aliphatic hydroxyl groups excluding tert-OH is 1. The Hall–Kier alpha value is -4.54. The molecule has 0 spiro atoms. The first kappa shape index (κ1) is 97.5. The molecule has 0 aliphatic heterocycles. The van der Waals surface area contributed by atoms with Gasteiger partial charge in [-0.15, -0.1) is 0 Å². The van der Waals surface area contributed by atoms with E-state index >= 15 is 0 Å². The number of rotatable bonds is 74. The predicted octanol–water partition coefficient (Wildman–Crippen LogP) is 23.1. The number of allylic oxidation sites excluding steroid dienone is 19. The predicted molar refractivity (Wildman–Crippen MR) is 418 cm³/mol. The second kappa shape index (κ2) is 74.7. The third-order valence-electron chi connectivity index (χ3n) is 16.5. The number of esters is 4. The monoisotopic (exact) mass is 1470 g/mol. The standard InChI is InChI=1S/C83H142O17P2/c1-5-9-13-17-21-25-29-33-37-38-42-44-48-52-56-60-64-68-81(86)94-74-79(100-83(88)70-66-62-58-54-50-46-41-36-32-28-24-20-16-12-8-4)76-98-102(91,92)96-72-77(84)71-95-101(89,90)97-75-78(99-82(87)69-65-61-57-53-49-45-40-35-31-27-23-19-15-11-7-3)73-93-80(85)67-63-59-55-51-47-43-39-34-30-26-22-18-14-10-6-2/h9-10,13-14,21-22,24-26,28,33-34,36-37,39,41,47,51,59,63,77-79,84H,5-8,11-12,15-20,23,27,29-32,35,38,40,42-46,48-50,52-58,60-62,64-76H2,1-4H3,(H,89,90)(H,91,92)/b13-9-,14-10-,25-21-,26-22-,28-24-,37-33-,39-34-,41-36-,51-47-,63-59-. The van der Waals surface area contributed by atoms with Gasteiger partial charge in [-0.2, -0.15) is 0 Å². The minimum Gasteiger partial charge on any atom is -0.462 e. The molecule has 0 aromatic carbocycles. The summed E-state index contributed by atoms with van der Waals surface area (Å²) in [4.78, 5) is 72.9. The van der Waals surface area contributed by atoms with Crippen molar-refractivity contribution in [1.82, 2.24) is 0 Å². The van der Waals surface area contributed by atoms with Crippen LogP contribution < -0.4 is 0 Å². The van der Waals surface area contributed by atoms with E-state index in [2.05, 4.69) is 125 Å². The summed E-state index contributed by atoms with van der Waals surface area (Å²) < 4.78 is 68.5. The zero-order chi connectivity index (χ0) is 74.6. The molecule has 5 unspecified atom stereocenters. The maximum Gasteiger partial charge on any atom is 0.472 e. The molecule has 0 bridgehead atoms. The normalized spacial score (nSPS) is 14.5. The van der Waals surface area contributed by atoms with Crippen LogP contribution in [0, 0.1) is 0 Å². The number of hydrogen-bond donors (Lipinski definition) is 3. The van der Waals surface area contributed by atoms with Crippen molar-refractivity contribution in [2.45, 2.75) is 341 Å². The Balaban J connectivity index is 5.42. The molecule has 0 saturated carbocycles. The Morgan fingerprint density at radius 1 is 0.294 bits per heavy atom. The lowest BCUT2D eigenvalue weighted by Gasteiger charge is -2.21. The SMILES string of the molecule is CC/C=C\C/C=C\C/C=C\C/C=C\C/C=C\CC(=O)OCC(COP(=O)(O)OCC(O)COP(=O)(O)OCC(COC(=O)CCCCCCCCC/C=C\C/C=C\C/C=C\CC)OC(=O)CCCCCCC/C=C\C/C=C\CCCCC)OC(=O)CCCCCCCCCCCCCCCCC. The van der Waals surface area contributed by atoms with Gasteiger partial charge in [0, 0.05) is 19.3 Å². The molecule has 0 heterocycles. The summed E-state index contributed by atoms with van der Waals surface area (Å²) in [7, 11) is -9.99. The second-order valence-electron chi connectivity index (χ2n) is 26.3. The van der Waals surface area contributed by atoms with Gasteiger partial charge in [0.05, 0.1) is 32.8 Å². The van der Waals surface area contributed by atoms with Crippen molar-refractivity contribution in [1.29, 1.82) is 0 Å². The van der Waals surface area contributed by atoms with E-state index in [9.17, 15) is 43.2 Å². The Labute approximate surface area is 619 Å². The van der Waals surface area contributed by atoms with Crippen molar-refractivity contribution < 1.29 is 80.2 Å². The quantitative estimate of drug-likeness (QED) is 0.0169. The van der Waals surface area contributed by atoms with Crippen molar-refractivity contribution in [3.05, 3.63) is 122 Å². The summed E-state index contributed by atoms with van der Waals surface area (Å²) in [5, 5.41) is 10.6. The third kappa shape index (κ3) is 73.8. The molecule has 586 valence electrons. The van der Waals surface area contributed by atoms with Gasteiger partial charge in [-0.05, 0) is 116 Å². The van der Waals surface area contributed by atoms with Gasteiger partial charge in [-0.25, -0.2) is 9.13 Å². The van der Waals surface area contributed by atoms with E-state index < -0.39 is 97.5 Å². The summed E-state index contributed by atoms with van der Waals surface area (Å²) in [6.07, 6.45) is 82.0. The fourth-order valence-corrected chi connectivity index (χ4v) is 12.0. The van der Waals surface area contributed by atoms with Crippen molar-refractivity contribution >= 4 is 39.5 Å². The van der Waals surface area contributed by atoms with E-state index in [4.69, 9.17) is 37.0 Å². The lowest BCUT2D eigenvalue weighted by atomic mass is 10.0. The molecule has 0 radical (unpaired) electrons. The van der Waals surface area contributed by atoms with E-state index in [0.717, 1.165) is 161 Å². The van der Waals surface area contributed by atoms with Crippen LogP contribution in [0.5, 0.6) is 0 Å². The van der Waals surface area contributed by atoms with Gasteiger partial charge in [0.1, 0.15) is 19.3 Å². The Kier molecular flexibility index (Phi) is 71.4. The minimum absolute atomic E-state index is 0.0703. The first-order chi connectivity index (χ1) is 49.7. The molecule has 19 heteroatoms. The molecular formula is C83H142O17P2. The number of phosphoric acid groups is 2. The number of ether oxygens (including phenoxy) is 4. The van der Waals surface area contributed by atoms with Crippen molar-refractivity contribution in [3.63, 3.8) is 0 Å². The molecule has 0 amide bonds. The van der Waals surface area contributed by atoms with Gasteiger partial charge in [-0.3, -0.25) is 37.3 Å². The highest BCUT2D eigenvalue weighted by atomic mass is 31.2. The van der Waals surface area contributed by atoms with E-state index in [-0.39, 0.29) is 25.7 Å². The van der Waals surface area contributed by atoms with Gasteiger partial charge in [0.25, 0.3) is 0 Å². The Bertz CT molecular complexity index is 2410. The molecule has 0 aliphatic rings. The molecule has 0 aromatic rings. The summed E-state index contributed by atoms with van der Waals surface area (Å²) in [5.41, 5.74) is 0. The number of phosphoric ester groups is 2. The van der Waals surface area contributed by atoms with Crippen LogP contribution in [0.1, 0.15) is 323 Å². The topological polar surface area (TPSA) is 237 Å². The molecule has 0 fully saturated rings. The van der Waals surface area contributed by atoms with Crippen molar-refractivity contribution in [2.75, 3.05) is 39.6 Å². The maximum atomic E-state index is 13.1. The maximum absolute atomic E-state index is 13.1. The summed E-state index contributed by atoms with van der Waals surface area (Å²) >= 11 is 0. The van der Waals surface area contributed by atoms with Crippen LogP contribution in [0.4, 0.5) is 0 Å². The number of hydrogen-bond acceptors (Lipinski definition) is 15. The fraction of sp³-hybridized carbons (Fsp3) is 0.711. The summed E-state index contributed by atoms with van der Waals surface area (Å²) in [6, 6.07) is 0. The molecule has 3 N–H and O–H groups in total. The summed E-state index contributed by atoms with van der Waals surface area (Å²) in [6.45, 7) is 4.51. The van der Waals surface area contributed by atoms with Gasteiger partial charge in [0.2, 0.25) is 0 Å². The first-order valence-corrected chi connectivity index (χ1v) is 42.8. The molecule has 0 aromatic heterocycles. The number of aliphatic hydroxyl groups is 1. The molecule has 5 atom stereocenters. The van der Waals surface area contributed by atoms with Crippen LogP contribution in [0.15, 0.2) is 122 Å². The number of unbranched alkanes of at least 4 members (excludes halogenated alkanes) is 29. The van der Waals surface area contributed by atoms with Crippen LogP contribution in [-0.4, -0.2) is 96.7 Å². The minimum atomic E-state index is -5.00. The first-order valence-electron chi connectivity index (χ1n) is 39.8. The van der Waals surface area contributed by atoms with Gasteiger partial charge < -0.3 is 33.8 Å². The zero-order valence-electron chi connectivity index (χ0n) is 64.0. The van der Waals surface area contributed by atoms with Crippen molar-refractivity contribution in [3.8, 4) is 0 Å². The van der Waals surface area contributed by atoms with Crippen LogP contribution >= 0.6 is 15.6 Å². The molecule has 0 rings (SSSR count). The average Bonchev–Trinajstić information content (AvgIpc) is 0.926. The lowest BCUT2D eigenvalue weighted by molar-refractivity contribution is -0.161. The Morgan fingerprint density at radius 3 is 0.892 bits per heavy atom. The second-order valence-corrected chi connectivity index (χ2v) is 29.2. The highest BCUT2D eigenvalue weighted by Gasteiger charge is 2.30. The zero-order valence-corrected chi connectivity index (χ0v) is 65.8. The van der Waals surface area contributed by atoms with Gasteiger partial charge >= 0.3 is 39.5 Å². The van der Waals surface area contributed by atoms with Gasteiger partial charge in [0.15, 0.2) is 12.2 Å². The van der Waals surface area contributed by atoms with Crippen LogP contribution in [-0.2, 0) is 65.4 Å². The molecule has 17 nitrogen and oxygen atoms in total. The van der Waals surface area contributed by atoms with Crippen LogP contribution in [0.25, 0.3) is 0 Å². The van der Waals surface area contributed by atoms with Crippen molar-refractivity contribution in [2.24, 2.45) is 0 Å². The van der Waals surface area contributed by atoms with Crippen LogP contribution in [0.2, 0.25) is 0 Å². The largest absolute Gasteiger partial charge is 0.472 e. The highest BCUT2D eigenvalue weighted by Crippen LogP contribution is 2.45. The summed E-state index contributed by atoms with van der Waals surface area (Å²) in [5.74, 6) is -2.34. The van der Waals surface area contributed by atoms with Crippen LogP contribution in [0.3, 0.4) is 0 Å². The van der Waals surface area contributed by atoms with E-state index in [1.54, 1.807) is 6.08 Å².